The molecule has 3 aromatic rings. The first kappa shape index (κ1) is 15.3. The smallest absolute Gasteiger partial charge is 0.0472 e. The van der Waals surface area contributed by atoms with Gasteiger partial charge in [-0.2, -0.15) is 0 Å². The van der Waals surface area contributed by atoms with Crippen LogP contribution in [0.25, 0.3) is 21.9 Å². The third-order valence-electron chi connectivity index (χ3n) is 3.63. The van der Waals surface area contributed by atoms with E-state index in [4.69, 9.17) is 0 Å². The zero-order chi connectivity index (χ0) is 15.1. The van der Waals surface area contributed by atoms with Crippen LogP contribution in [0.15, 0.2) is 55.9 Å². The predicted octanol–water partition coefficient (Wildman–Crippen LogP) is 7.41. The van der Waals surface area contributed by atoms with Crippen LogP contribution in [-0.2, 0) is 0 Å². The number of rotatable bonds is 1. The second-order valence-electron chi connectivity index (χ2n) is 5.23. The van der Waals surface area contributed by atoms with Crippen molar-refractivity contribution in [2.75, 3.05) is 0 Å². The van der Waals surface area contributed by atoms with Gasteiger partial charge in [0.1, 0.15) is 0 Å². The van der Waals surface area contributed by atoms with Crippen LogP contribution in [0.1, 0.15) is 11.1 Å². The van der Waals surface area contributed by atoms with Crippen LogP contribution in [0.2, 0.25) is 0 Å². The molecule has 0 saturated heterocycles. The summed E-state index contributed by atoms with van der Waals surface area (Å²) in [4.78, 5) is 0. The van der Waals surface area contributed by atoms with Crippen molar-refractivity contribution in [2.24, 2.45) is 0 Å². The second kappa shape index (κ2) is 5.86. The lowest BCUT2D eigenvalue weighted by Crippen LogP contribution is -1.89. The minimum absolute atomic E-state index is 1.05. The van der Waals surface area contributed by atoms with E-state index in [1.165, 1.54) is 33.0 Å². The Labute approximate surface area is 150 Å². The summed E-state index contributed by atoms with van der Waals surface area (Å²) < 4.78 is 3.21. The highest BCUT2D eigenvalue weighted by Gasteiger charge is 2.16. The summed E-state index contributed by atoms with van der Waals surface area (Å²) in [5, 5.41) is 2.46. The Morgan fingerprint density at radius 1 is 0.619 bits per heavy atom. The van der Waals surface area contributed by atoms with Crippen molar-refractivity contribution in [2.45, 2.75) is 13.8 Å². The monoisotopic (exact) mass is 466 g/mol. The minimum Gasteiger partial charge on any atom is -0.0587 e. The molecule has 0 amide bonds. The van der Waals surface area contributed by atoms with Crippen molar-refractivity contribution in [1.29, 1.82) is 0 Å². The van der Waals surface area contributed by atoms with E-state index >= 15 is 0 Å². The largest absolute Gasteiger partial charge is 0.0587 e. The summed E-state index contributed by atoms with van der Waals surface area (Å²) in [6, 6.07) is 15.2. The highest BCUT2D eigenvalue weighted by Crippen LogP contribution is 2.45. The van der Waals surface area contributed by atoms with Gasteiger partial charge in [0.25, 0.3) is 0 Å². The first-order valence-corrected chi connectivity index (χ1v) is 9.01. The summed E-state index contributed by atoms with van der Waals surface area (Å²) in [6.07, 6.45) is 0. The third-order valence-corrected chi connectivity index (χ3v) is 7.10. The van der Waals surface area contributed by atoms with Crippen molar-refractivity contribution in [3.8, 4) is 11.1 Å². The molecule has 106 valence electrons. The van der Waals surface area contributed by atoms with E-state index in [1.54, 1.807) is 0 Å². The van der Waals surface area contributed by atoms with Crippen molar-refractivity contribution < 1.29 is 0 Å². The summed E-state index contributed by atoms with van der Waals surface area (Å²) in [5.74, 6) is 0. The van der Waals surface area contributed by atoms with Gasteiger partial charge in [-0.05, 0) is 78.0 Å². The predicted molar refractivity (Wildman–Crippen MR) is 102 cm³/mol. The number of halogens is 3. The average molecular weight is 469 g/mol. The quantitative estimate of drug-likeness (QED) is 0.326. The normalized spacial score (nSPS) is 11.1. The lowest BCUT2D eigenvalue weighted by atomic mass is 9.96. The molecule has 0 aliphatic heterocycles. The molecule has 0 saturated carbocycles. The van der Waals surface area contributed by atoms with Crippen LogP contribution in [0, 0.1) is 13.8 Å². The Kier molecular flexibility index (Phi) is 4.26. The fourth-order valence-electron chi connectivity index (χ4n) is 2.50. The molecule has 21 heavy (non-hydrogen) atoms. The summed E-state index contributed by atoms with van der Waals surface area (Å²) in [5.41, 5.74) is 4.98. The molecule has 0 radical (unpaired) electrons. The first-order chi connectivity index (χ1) is 9.99. The molecule has 0 fully saturated rings. The van der Waals surface area contributed by atoms with E-state index in [9.17, 15) is 0 Å². The fraction of sp³-hybridized carbons (Fsp3) is 0.111. The van der Waals surface area contributed by atoms with E-state index < -0.39 is 0 Å². The van der Waals surface area contributed by atoms with E-state index in [-0.39, 0.29) is 0 Å². The van der Waals surface area contributed by atoms with Crippen molar-refractivity contribution in [3.05, 3.63) is 67.0 Å². The first-order valence-electron chi connectivity index (χ1n) is 6.63. The Morgan fingerprint density at radius 2 is 1.24 bits per heavy atom. The zero-order valence-corrected chi connectivity index (χ0v) is 16.4. The molecule has 3 aromatic carbocycles. The average Bonchev–Trinajstić information content (AvgIpc) is 2.47. The molecule has 0 heterocycles. The van der Waals surface area contributed by atoms with Gasteiger partial charge in [-0.25, -0.2) is 0 Å². The van der Waals surface area contributed by atoms with Gasteiger partial charge in [-0.15, -0.1) is 0 Å². The number of hydrogen-bond acceptors (Lipinski definition) is 0. The molecule has 0 atom stereocenters. The van der Waals surface area contributed by atoms with Gasteiger partial charge in [-0.1, -0.05) is 53.6 Å². The van der Waals surface area contributed by atoms with Gasteiger partial charge >= 0.3 is 0 Å². The molecule has 3 heteroatoms. The Balaban J connectivity index is 2.45. The van der Waals surface area contributed by atoms with Crippen molar-refractivity contribution in [3.63, 3.8) is 0 Å². The highest BCUT2D eigenvalue weighted by molar-refractivity contribution is 9.14. The minimum atomic E-state index is 1.05. The Bertz CT molecular complexity index is 833. The molecule has 0 spiro atoms. The summed E-state index contributed by atoms with van der Waals surface area (Å²) >= 11 is 11.1. The molecule has 0 aliphatic rings. The van der Waals surface area contributed by atoms with Crippen LogP contribution in [0.4, 0.5) is 0 Å². The molecule has 0 aliphatic carbocycles. The fourth-order valence-corrected chi connectivity index (χ4v) is 4.36. The zero-order valence-electron chi connectivity index (χ0n) is 11.7. The van der Waals surface area contributed by atoms with E-state index in [2.05, 4.69) is 104 Å². The molecule has 3 rings (SSSR count). The maximum atomic E-state index is 3.76. The van der Waals surface area contributed by atoms with Crippen LogP contribution < -0.4 is 0 Å². The van der Waals surface area contributed by atoms with Crippen LogP contribution >= 0.6 is 47.8 Å². The topological polar surface area (TPSA) is 0 Å². The molecule has 0 aromatic heterocycles. The summed E-state index contributed by atoms with van der Waals surface area (Å²) in [7, 11) is 0. The van der Waals surface area contributed by atoms with Crippen molar-refractivity contribution in [1.82, 2.24) is 0 Å². The molecule has 0 N–H and O–H groups in total. The van der Waals surface area contributed by atoms with Gasteiger partial charge in [0.15, 0.2) is 0 Å². The number of benzene rings is 3. The third kappa shape index (κ3) is 2.71. The van der Waals surface area contributed by atoms with E-state index in [1.807, 2.05) is 0 Å². The van der Waals surface area contributed by atoms with Crippen LogP contribution in [0.3, 0.4) is 0 Å². The van der Waals surface area contributed by atoms with Gasteiger partial charge < -0.3 is 0 Å². The molecule has 0 nitrogen and oxygen atoms in total. The lowest BCUT2D eigenvalue weighted by molar-refractivity contribution is 1.46. The number of aryl methyl sites for hydroxylation is 2. The van der Waals surface area contributed by atoms with E-state index in [0.29, 0.717) is 0 Å². The molecular formula is C18H13Br3. The highest BCUT2D eigenvalue weighted by atomic mass is 79.9. The van der Waals surface area contributed by atoms with Gasteiger partial charge in [-0.3, -0.25) is 0 Å². The number of hydrogen-bond donors (Lipinski definition) is 0. The molecule has 0 bridgehead atoms. The maximum Gasteiger partial charge on any atom is 0.0472 e. The van der Waals surface area contributed by atoms with Gasteiger partial charge in [0.05, 0.1) is 0 Å². The second-order valence-corrected chi connectivity index (χ2v) is 7.61. The SMILES string of the molecule is Cc1ccc(-c2c(Br)c(Br)c(Br)c3ccc(C)cc23)cc1. The van der Waals surface area contributed by atoms with Crippen molar-refractivity contribution >= 4 is 58.6 Å². The molecule has 0 unspecified atom stereocenters. The Hall–Kier alpha value is -0.640. The van der Waals surface area contributed by atoms with Crippen LogP contribution in [0.5, 0.6) is 0 Å². The maximum absolute atomic E-state index is 3.76. The molecular weight excluding hydrogens is 456 g/mol. The summed E-state index contributed by atoms with van der Waals surface area (Å²) in [6.45, 7) is 4.24. The lowest BCUT2D eigenvalue weighted by Gasteiger charge is -2.15. The van der Waals surface area contributed by atoms with Gasteiger partial charge in [0.2, 0.25) is 0 Å². The Morgan fingerprint density at radius 3 is 1.90 bits per heavy atom. The van der Waals surface area contributed by atoms with Gasteiger partial charge in [0, 0.05) is 19.0 Å². The number of fused-ring (bicyclic) bond motifs is 1. The van der Waals surface area contributed by atoms with Crippen LogP contribution in [-0.4, -0.2) is 0 Å². The van der Waals surface area contributed by atoms with E-state index in [0.717, 1.165) is 13.4 Å². The standard InChI is InChI=1S/C18H13Br3/c1-10-3-6-12(7-4-10)15-14-9-11(2)5-8-13(14)16(19)18(21)17(15)20/h3-9H,1-2H3.